The summed E-state index contributed by atoms with van der Waals surface area (Å²) in [4.78, 5) is 15.1. The lowest BCUT2D eigenvalue weighted by molar-refractivity contribution is 0.0691. The van der Waals surface area contributed by atoms with Gasteiger partial charge in [0.25, 0.3) is 0 Å². The number of hydrogen-bond donors (Lipinski definition) is 1. The summed E-state index contributed by atoms with van der Waals surface area (Å²) in [5.74, 6) is -1.61. The van der Waals surface area contributed by atoms with Gasteiger partial charge in [-0.2, -0.15) is 5.10 Å². The van der Waals surface area contributed by atoms with E-state index >= 15 is 0 Å². The smallest absolute Gasteiger partial charge is 0.338 e. The van der Waals surface area contributed by atoms with Gasteiger partial charge in [0.15, 0.2) is 0 Å². The van der Waals surface area contributed by atoms with Crippen molar-refractivity contribution in [2.24, 2.45) is 0 Å². The Morgan fingerprint density at radius 3 is 2.90 bits per heavy atom. The van der Waals surface area contributed by atoms with E-state index in [1.807, 2.05) is 6.92 Å². The predicted molar refractivity (Wildman–Crippen MR) is 69.2 cm³/mol. The zero-order valence-corrected chi connectivity index (χ0v) is 11.4. The number of halogens is 1. The minimum absolute atomic E-state index is 0.0958. The largest absolute Gasteiger partial charge is 0.478 e. The highest BCUT2D eigenvalue weighted by atomic mass is 32.2. The third-order valence-electron chi connectivity index (χ3n) is 2.69. The lowest BCUT2D eigenvalue weighted by Crippen LogP contribution is -2.08. The van der Waals surface area contributed by atoms with Gasteiger partial charge in [0.2, 0.25) is 0 Å². The van der Waals surface area contributed by atoms with E-state index in [4.69, 9.17) is 5.11 Å². The molecule has 0 bridgehead atoms. The molecule has 0 aliphatic carbocycles. The van der Waals surface area contributed by atoms with E-state index in [0.29, 0.717) is 12.4 Å². The van der Waals surface area contributed by atoms with E-state index in [-0.39, 0.29) is 10.6 Å². The number of benzene rings is 1. The van der Waals surface area contributed by atoms with Crippen molar-refractivity contribution in [3.05, 3.63) is 41.7 Å². The van der Waals surface area contributed by atoms with Crippen molar-refractivity contribution < 1.29 is 18.5 Å². The molecule has 1 atom stereocenters. The van der Waals surface area contributed by atoms with Crippen molar-refractivity contribution in [1.82, 2.24) is 14.8 Å². The first-order chi connectivity index (χ1) is 9.52. The molecule has 0 aliphatic rings. The quantitative estimate of drug-likeness (QED) is 0.902. The van der Waals surface area contributed by atoms with Crippen molar-refractivity contribution in [3.8, 4) is 0 Å². The van der Waals surface area contributed by atoms with Crippen LogP contribution < -0.4 is 0 Å². The summed E-state index contributed by atoms with van der Waals surface area (Å²) in [7, 11) is -1.51. The molecule has 8 heteroatoms. The van der Waals surface area contributed by atoms with E-state index in [9.17, 15) is 13.4 Å². The second-order valence-corrected chi connectivity index (χ2v) is 5.38. The zero-order valence-electron chi connectivity index (χ0n) is 10.6. The van der Waals surface area contributed by atoms with Gasteiger partial charge in [0.05, 0.1) is 22.1 Å². The van der Waals surface area contributed by atoms with Crippen LogP contribution in [0.25, 0.3) is 0 Å². The Hall–Kier alpha value is -2.09. The molecule has 2 aromatic rings. The average Bonchev–Trinajstić information content (AvgIpc) is 2.86. The number of carboxylic acids is 1. The zero-order chi connectivity index (χ0) is 14.7. The van der Waals surface area contributed by atoms with Gasteiger partial charge in [-0.1, -0.05) is 0 Å². The fraction of sp³-hybridized carbons (Fsp3) is 0.250. The first-order valence-electron chi connectivity index (χ1n) is 5.80. The fourth-order valence-electron chi connectivity index (χ4n) is 1.67. The number of aryl methyl sites for hydroxylation is 1. The minimum Gasteiger partial charge on any atom is -0.478 e. The van der Waals surface area contributed by atoms with Crippen LogP contribution in [0.5, 0.6) is 0 Å². The first kappa shape index (κ1) is 14.3. The molecule has 1 aromatic heterocycles. The van der Waals surface area contributed by atoms with Crippen LogP contribution in [0.4, 0.5) is 4.39 Å². The highest BCUT2D eigenvalue weighted by Gasteiger charge is 2.15. The maximum atomic E-state index is 13.3. The summed E-state index contributed by atoms with van der Waals surface area (Å²) in [5.41, 5.74) is -0.493. The highest BCUT2D eigenvalue weighted by molar-refractivity contribution is 7.84. The molecule has 0 fully saturated rings. The molecular weight excluding hydrogens is 285 g/mol. The Labute approximate surface area is 116 Å². The molecule has 0 aliphatic heterocycles. The van der Waals surface area contributed by atoms with Gasteiger partial charge >= 0.3 is 5.97 Å². The fourth-order valence-corrected chi connectivity index (χ4v) is 2.77. The van der Waals surface area contributed by atoms with E-state index < -0.39 is 28.1 Å². The monoisotopic (exact) mass is 297 g/mol. The van der Waals surface area contributed by atoms with Crippen molar-refractivity contribution in [1.29, 1.82) is 0 Å². The average molecular weight is 297 g/mol. The summed E-state index contributed by atoms with van der Waals surface area (Å²) in [6.45, 7) is 2.47. The predicted octanol–water partition coefficient (Wildman–Crippen LogP) is 1.44. The maximum Gasteiger partial charge on any atom is 0.338 e. The molecule has 1 unspecified atom stereocenters. The molecule has 0 saturated heterocycles. The number of rotatable bonds is 5. The second kappa shape index (κ2) is 5.91. The van der Waals surface area contributed by atoms with E-state index in [1.54, 1.807) is 4.68 Å². The Kier molecular flexibility index (Phi) is 4.23. The summed E-state index contributed by atoms with van der Waals surface area (Å²) in [5, 5.41) is 12.8. The third-order valence-corrected chi connectivity index (χ3v) is 3.99. The second-order valence-electron chi connectivity index (χ2n) is 3.93. The molecule has 0 amide bonds. The van der Waals surface area contributed by atoms with Crippen LogP contribution in [0.3, 0.4) is 0 Å². The summed E-state index contributed by atoms with van der Waals surface area (Å²) in [6, 6.07) is 3.40. The molecule has 1 aromatic carbocycles. The number of carbonyl (C=O) groups is 1. The SMILES string of the molecule is CCn1ncnc1CS(=O)c1ccc(F)c(C(=O)O)c1. The summed E-state index contributed by atoms with van der Waals surface area (Å²) in [6.07, 6.45) is 1.36. The van der Waals surface area contributed by atoms with Crippen LogP contribution in [0.1, 0.15) is 23.1 Å². The van der Waals surface area contributed by atoms with Crippen molar-refractivity contribution in [2.75, 3.05) is 0 Å². The van der Waals surface area contributed by atoms with Crippen LogP contribution in [0.15, 0.2) is 29.4 Å². The number of hydrogen-bond acceptors (Lipinski definition) is 4. The molecule has 1 heterocycles. The Bertz CT molecular complexity index is 672. The normalized spacial score (nSPS) is 12.3. The minimum atomic E-state index is -1.51. The van der Waals surface area contributed by atoms with Crippen LogP contribution >= 0.6 is 0 Å². The van der Waals surface area contributed by atoms with Crippen LogP contribution in [0.2, 0.25) is 0 Å². The molecule has 1 N–H and O–H groups in total. The van der Waals surface area contributed by atoms with Crippen molar-refractivity contribution >= 4 is 16.8 Å². The third kappa shape index (κ3) is 2.90. The Morgan fingerprint density at radius 2 is 2.25 bits per heavy atom. The van der Waals surface area contributed by atoms with Gasteiger partial charge < -0.3 is 5.11 Å². The van der Waals surface area contributed by atoms with E-state index in [1.165, 1.54) is 12.4 Å². The van der Waals surface area contributed by atoms with Gasteiger partial charge in [-0.3, -0.25) is 4.21 Å². The molecule has 20 heavy (non-hydrogen) atoms. The maximum absolute atomic E-state index is 13.3. The molecular formula is C12H12FN3O3S. The van der Waals surface area contributed by atoms with Crippen molar-refractivity contribution in [3.63, 3.8) is 0 Å². The molecule has 0 saturated carbocycles. The van der Waals surface area contributed by atoms with Gasteiger partial charge in [-0.05, 0) is 25.1 Å². The Balaban J connectivity index is 2.26. The van der Waals surface area contributed by atoms with Gasteiger partial charge in [-0.25, -0.2) is 18.9 Å². The molecule has 2 rings (SSSR count). The van der Waals surface area contributed by atoms with Crippen LogP contribution in [-0.2, 0) is 23.1 Å². The lowest BCUT2D eigenvalue weighted by atomic mass is 10.2. The van der Waals surface area contributed by atoms with Crippen LogP contribution in [-0.4, -0.2) is 30.0 Å². The molecule has 106 valence electrons. The van der Waals surface area contributed by atoms with Gasteiger partial charge in [0.1, 0.15) is 18.0 Å². The molecule has 0 radical (unpaired) electrons. The first-order valence-corrected chi connectivity index (χ1v) is 7.12. The van der Waals surface area contributed by atoms with E-state index in [0.717, 1.165) is 12.1 Å². The number of nitrogens with zero attached hydrogens (tertiary/aromatic N) is 3. The topological polar surface area (TPSA) is 85.1 Å². The Morgan fingerprint density at radius 1 is 1.50 bits per heavy atom. The van der Waals surface area contributed by atoms with Gasteiger partial charge in [0, 0.05) is 11.4 Å². The number of aromatic carboxylic acids is 1. The van der Waals surface area contributed by atoms with E-state index in [2.05, 4.69) is 10.1 Å². The summed E-state index contributed by atoms with van der Waals surface area (Å²) >= 11 is 0. The van der Waals surface area contributed by atoms with Crippen molar-refractivity contribution in [2.45, 2.75) is 24.1 Å². The number of carboxylic acid groups (broad SMARTS) is 1. The molecule has 6 nitrogen and oxygen atoms in total. The molecule has 0 spiro atoms. The standard InChI is InChI=1S/C12H12FN3O3S/c1-2-16-11(14-7-15-16)6-20(19)8-3-4-10(13)9(5-8)12(17)18/h3-5,7H,2,6H2,1H3,(H,17,18). The van der Waals surface area contributed by atoms with Gasteiger partial charge in [-0.15, -0.1) is 0 Å². The lowest BCUT2D eigenvalue weighted by Gasteiger charge is -2.05. The summed E-state index contributed by atoms with van der Waals surface area (Å²) < 4.78 is 27.1. The van der Waals surface area contributed by atoms with Crippen LogP contribution in [0, 0.1) is 5.82 Å². The highest BCUT2D eigenvalue weighted by Crippen LogP contribution is 2.16. The number of aromatic nitrogens is 3.